The molecule has 2 bridgehead atoms. The van der Waals surface area contributed by atoms with Gasteiger partial charge in [0.1, 0.15) is 0 Å². The summed E-state index contributed by atoms with van der Waals surface area (Å²) in [6.45, 7) is 8.72. The average molecular weight is 211 g/mol. The third-order valence-corrected chi connectivity index (χ3v) is 4.32. The molecule has 0 radical (unpaired) electrons. The number of hydroxylamine groups is 1. The van der Waals surface area contributed by atoms with E-state index in [9.17, 15) is 0 Å². The predicted molar refractivity (Wildman–Crippen MR) is 59.3 cm³/mol. The lowest BCUT2D eigenvalue weighted by atomic mass is 9.74. The molecule has 1 fully saturated rings. The fraction of sp³-hybridized carbons (Fsp3) is 0.833. The first-order valence-electron chi connectivity index (χ1n) is 5.62. The monoisotopic (exact) mass is 211 g/mol. The van der Waals surface area contributed by atoms with Crippen molar-refractivity contribution in [2.24, 2.45) is 11.8 Å². The molecule has 2 aliphatic heterocycles. The molecule has 1 N–H and O–H groups in total. The second-order valence-corrected chi connectivity index (χ2v) is 5.23. The van der Waals surface area contributed by atoms with Crippen LogP contribution in [0, 0.1) is 11.8 Å². The van der Waals surface area contributed by atoms with E-state index in [2.05, 4.69) is 45.3 Å². The maximum Gasteiger partial charge on any atom is 0.0888 e. The molecule has 0 spiro atoms. The van der Waals surface area contributed by atoms with Crippen molar-refractivity contribution < 1.29 is 9.57 Å². The van der Waals surface area contributed by atoms with Crippen LogP contribution in [0.2, 0.25) is 0 Å². The Kier molecular flexibility index (Phi) is 2.45. The zero-order valence-corrected chi connectivity index (χ0v) is 10.2. The fourth-order valence-electron chi connectivity index (χ4n) is 2.85. The van der Waals surface area contributed by atoms with E-state index in [0.717, 1.165) is 0 Å². The van der Waals surface area contributed by atoms with Gasteiger partial charge < -0.3 is 9.57 Å². The van der Waals surface area contributed by atoms with Crippen molar-refractivity contribution in [3.63, 3.8) is 0 Å². The molecule has 15 heavy (non-hydrogen) atoms. The Labute approximate surface area is 91.8 Å². The van der Waals surface area contributed by atoms with Crippen molar-refractivity contribution in [3.05, 3.63) is 12.2 Å². The molecular weight excluding hydrogens is 190 g/mol. The molecule has 2 rings (SSSR count). The summed E-state index contributed by atoms with van der Waals surface area (Å²) in [5.41, 5.74) is 2.80. The van der Waals surface area contributed by atoms with Crippen LogP contribution in [0.3, 0.4) is 0 Å². The lowest BCUT2D eigenvalue weighted by molar-refractivity contribution is -0.189. The highest BCUT2D eigenvalue weighted by atomic mass is 16.6. The third kappa shape index (κ3) is 1.45. The molecule has 3 heteroatoms. The Morgan fingerprint density at radius 1 is 1.13 bits per heavy atom. The van der Waals surface area contributed by atoms with Gasteiger partial charge in [-0.15, -0.1) is 0 Å². The summed E-state index contributed by atoms with van der Waals surface area (Å²) in [4.78, 5) is 5.10. The van der Waals surface area contributed by atoms with E-state index in [1.807, 2.05) is 0 Å². The maximum atomic E-state index is 6.17. The highest BCUT2D eigenvalue weighted by Gasteiger charge is 2.55. The molecule has 0 aromatic carbocycles. The number of nitrogens with one attached hydrogen (secondary N) is 1. The van der Waals surface area contributed by atoms with Crippen LogP contribution in [0.5, 0.6) is 0 Å². The molecule has 0 aromatic rings. The van der Waals surface area contributed by atoms with Gasteiger partial charge in [0.2, 0.25) is 0 Å². The van der Waals surface area contributed by atoms with Crippen LogP contribution in [-0.2, 0) is 9.57 Å². The Morgan fingerprint density at radius 2 is 1.60 bits per heavy atom. The molecule has 0 aliphatic carbocycles. The van der Waals surface area contributed by atoms with Crippen LogP contribution < -0.4 is 5.48 Å². The molecule has 2 heterocycles. The first-order valence-corrected chi connectivity index (χ1v) is 5.62. The molecular formula is C12H21NO2. The van der Waals surface area contributed by atoms with Crippen LogP contribution in [-0.4, -0.2) is 24.4 Å². The van der Waals surface area contributed by atoms with Crippen molar-refractivity contribution in [1.29, 1.82) is 0 Å². The minimum absolute atomic E-state index is 0.155. The van der Waals surface area contributed by atoms with E-state index in [1.54, 1.807) is 7.11 Å². The summed E-state index contributed by atoms with van der Waals surface area (Å²) in [6, 6.07) is 0.328. The van der Waals surface area contributed by atoms with E-state index < -0.39 is 0 Å². The Bertz CT molecular complexity index is 267. The van der Waals surface area contributed by atoms with Gasteiger partial charge in [-0.2, -0.15) is 5.48 Å². The van der Waals surface area contributed by atoms with Crippen LogP contribution in [0.1, 0.15) is 27.7 Å². The number of hydrogen-bond donors (Lipinski definition) is 1. The Hall–Kier alpha value is -0.380. The highest BCUT2D eigenvalue weighted by molar-refractivity contribution is 5.24. The summed E-state index contributed by atoms with van der Waals surface area (Å²) in [6.07, 6.45) is 4.40. The molecule has 3 nitrogen and oxygen atoms in total. The average Bonchev–Trinajstić information content (AvgIpc) is 2.48. The highest BCUT2D eigenvalue weighted by Crippen LogP contribution is 2.48. The zero-order valence-electron chi connectivity index (χ0n) is 10.2. The van der Waals surface area contributed by atoms with Crippen molar-refractivity contribution in [3.8, 4) is 0 Å². The number of rotatable bonds is 2. The van der Waals surface area contributed by atoms with Gasteiger partial charge in [0.25, 0.3) is 0 Å². The molecule has 0 amide bonds. The van der Waals surface area contributed by atoms with Gasteiger partial charge in [0.15, 0.2) is 0 Å². The molecule has 86 valence electrons. The third-order valence-electron chi connectivity index (χ3n) is 4.32. The zero-order chi connectivity index (χ0) is 11.3. The van der Waals surface area contributed by atoms with Crippen LogP contribution in [0.4, 0.5) is 0 Å². The molecule has 1 saturated heterocycles. The lowest BCUT2D eigenvalue weighted by Crippen LogP contribution is -2.60. The largest absolute Gasteiger partial charge is 0.360 e. The van der Waals surface area contributed by atoms with Crippen LogP contribution >= 0.6 is 0 Å². The van der Waals surface area contributed by atoms with Gasteiger partial charge >= 0.3 is 0 Å². The molecule has 1 unspecified atom stereocenters. The van der Waals surface area contributed by atoms with Crippen LogP contribution in [0.15, 0.2) is 12.2 Å². The minimum atomic E-state index is -0.155. The maximum absolute atomic E-state index is 6.17. The predicted octanol–water partition coefficient (Wildman–Crippen LogP) is 1.90. The fourth-order valence-corrected chi connectivity index (χ4v) is 2.85. The van der Waals surface area contributed by atoms with E-state index >= 15 is 0 Å². The summed E-state index contributed by atoms with van der Waals surface area (Å²) in [7, 11) is 1.68. The normalized spacial score (nSPS) is 53.5. The summed E-state index contributed by atoms with van der Waals surface area (Å²) < 4.78 is 6.17. The second-order valence-electron chi connectivity index (χ2n) is 5.23. The topological polar surface area (TPSA) is 30.5 Å². The standard InChI is InChI=1S/C12H21NO2/c1-8-10(13-14-5)9(2)12(4)7-6-11(8,3)15-12/h6-10,13H,1-5H3/t8-,9+,10?,11-,12+. The Morgan fingerprint density at radius 3 is 2.00 bits per heavy atom. The smallest absolute Gasteiger partial charge is 0.0888 e. The van der Waals surface area contributed by atoms with Crippen molar-refractivity contribution in [2.75, 3.05) is 7.11 Å². The van der Waals surface area contributed by atoms with Gasteiger partial charge in [-0.3, -0.25) is 0 Å². The molecule has 0 saturated carbocycles. The minimum Gasteiger partial charge on any atom is -0.360 e. The Balaban J connectivity index is 2.30. The molecule has 5 atom stereocenters. The van der Waals surface area contributed by atoms with E-state index in [-0.39, 0.29) is 11.2 Å². The molecule has 2 aliphatic rings. The number of ether oxygens (including phenoxy) is 1. The SMILES string of the molecule is CONC1[C@@H](C)[C@@]2(C)C=C[C@](C)(O2)[C@H]1C. The first kappa shape index (κ1) is 11.1. The van der Waals surface area contributed by atoms with Crippen molar-refractivity contribution in [2.45, 2.75) is 44.9 Å². The van der Waals surface area contributed by atoms with Crippen molar-refractivity contribution >= 4 is 0 Å². The molecule has 0 aromatic heterocycles. The first-order chi connectivity index (χ1) is 6.93. The summed E-state index contributed by atoms with van der Waals surface area (Å²) in [5.74, 6) is 0.804. The quantitative estimate of drug-likeness (QED) is 0.559. The van der Waals surface area contributed by atoms with Crippen molar-refractivity contribution in [1.82, 2.24) is 5.48 Å². The summed E-state index contributed by atoms with van der Waals surface area (Å²) in [5, 5.41) is 0. The van der Waals surface area contributed by atoms with Gasteiger partial charge in [-0.1, -0.05) is 26.0 Å². The lowest BCUT2D eigenvalue weighted by Gasteiger charge is -2.50. The van der Waals surface area contributed by atoms with E-state index in [4.69, 9.17) is 9.57 Å². The number of fused-ring (bicyclic) bond motifs is 2. The van der Waals surface area contributed by atoms with E-state index in [0.29, 0.717) is 17.9 Å². The van der Waals surface area contributed by atoms with Gasteiger partial charge in [0, 0.05) is 17.9 Å². The van der Waals surface area contributed by atoms with Crippen LogP contribution in [0.25, 0.3) is 0 Å². The van der Waals surface area contributed by atoms with Gasteiger partial charge in [-0.05, 0) is 13.8 Å². The van der Waals surface area contributed by atoms with Gasteiger partial charge in [0.05, 0.1) is 18.3 Å². The van der Waals surface area contributed by atoms with E-state index in [1.165, 1.54) is 0 Å². The number of hydrogen-bond acceptors (Lipinski definition) is 3. The second kappa shape index (κ2) is 3.30. The summed E-state index contributed by atoms with van der Waals surface area (Å²) >= 11 is 0. The van der Waals surface area contributed by atoms with Gasteiger partial charge in [-0.25, -0.2) is 0 Å².